The number of nitrogens with zero attached hydrogens (tertiary/aromatic N) is 6. The van der Waals surface area contributed by atoms with Crippen molar-refractivity contribution >= 4 is 23.5 Å². The second-order valence-electron chi connectivity index (χ2n) is 5.95. The summed E-state index contributed by atoms with van der Waals surface area (Å²) in [5.41, 5.74) is 0.465. The van der Waals surface area contributed by atoms with Crippen LogP contribution in [-0.2, 0) is 7.05 Å². The smallest absolute Gasteiger partial charge is 0.282 e. The number of thioether (sulfide) groups is 2. The Kier molecular flexibility index (Phi) is 6.08. The van der Waals surface area contributed by atoms with Crippen LogP contribution >= 0.6 is 23.5 Å². The molecule has 0 fully saturated rings. The first kappa shape index (κ1) is 20.5. The molecule has 0 aliphatic carbocycles. The van der Waals surface area contributed by atoms with Gasteiger partial charge in [0.2, 0.25) is 5.16 Å². The summed E-state index contributed by atoms with van der Waals surface area (Å²) >= 11 is 2.72. The number of alkyl halides is 2. The van der Waals surface area contributed by atoms with E-state index in [1.807, 2.05) is 0 Å². The van der Waals surface area contributed by atoms with E-state index < -0.39 is 12.1 Å². The molecule has 0 saturated carbocycles. The molecule has 3 heterocycles. The fourth-order valence-electron chi connectivity index (χ4n) is 2.52. The van der Waals surface area contributed by atoms with Gasteiger partial charge >= 0.3 is 0 Å². The molecule has 0 aliphatic heterocycles. The highest BCUT2D eigenvalue weighted by atomic mass is 32.2. The topological polar surface area (TPSA) is 98.3 Å². The summed E-state index contributed by atoms with van der Waals surface area (Å²) in [6.07, 6.45) is -1.32. The second-order valence-corrected chi connectivity index (χ2v) is 8.05. The summed E-state index contributed by atoms with van der Waals surface area (Å²) in [5.74, 6) is 1.51. The molecular weight excluding hydrogens is 439 g/mol. The molecule has 8 nitrogen and oxygen atoms in total. The van der Waals surface area contributed by atoms with Gasteiger partial charge in [-0.25, -0.2) is 18.2 Å². The zero-order chi connectivity index (χ0) is 21.1. The Balaban J connectivity index is 1.30. The second kappa shape index (κ2) is 8.92. The maximum Gasteiger partial charge on any atom is 0.282 e. The Morgan fingerprint density at radius 3 is 2.67 bits per heavy atom. The molecule has 4 rings (SSSR count). The third kappa shape index (κ3) is 4.67. The number of aromatic nitrogens is 7. The summed E-state index contributed by atoms with van der Waals surface area (Å²) in [4.78, 5) is 4.36. The Morgan fingerprint density at radius 2 is 1.90 bits per heavy atom. The number of hydrogen-bond donors (Lipinski definition) is 1. The minimum Gasteiger partial charge on any atom is -0.411 e. The first-order valence-electron chi connectivity index (χ1n) is 8.59. The molecule has 3 aromatic heterocycles. The van der Waals surface area contributed by atoms with E-state index >= 15 is 0 Å². The molecule has 0 atom stereocenters. The van der Waals surface area contributed by atoms with Gasteiger partial charge in [-0.2, -0.15) is 5.10 Å². The monoisotopic (exact) mass is 453 g/mol. The predicted molar refractivity (Wildman–Crippen MR) is 105 cm³/mol. The Labute approximate surface area is 176 Å². The van der Waals surface area contributed by atoms with Gasteiger partial charge in [0.25, 0.3) is 17.5 Å². The van der Waals surface area contributed by atoms with Crippen molar-refractivity contribution in [1.29, 1.82) is 0 Å². The van der Waals surface area contributed by atoms with Crippen LogP contribution in [0.2, 0.25) is 0 Å². The number of hydrogen-bond acceptors (Lipinski definition) is 8. The summed E-state index contributed by atoms with van der Waals surface area (Å²) in [6, 6.07) is 5.95. The molecule has 0 amide bonds. The van der Waals surface area contributed by atoms with E-state index in [1.54, 1.807) is 19.2 Å². The van der Waals surface area contributed by atoms with Crippen LogP contribution in [0.15, 0.2) is 45.3 Å². The van der Waals surface area contributed by atoms with E-state index in [-0.39, 0.29) is 22.5 Å². The van der Waals surface area contributed by atoms with Gasteiger partial charge in [-0.15, -0.1) is 15.3 Å². The molecule has 0 saturated heterocycles. The number of halogens is 3. The van der Waals surface area contributed by atoms with Crippen molar-refractivity contribution in [2.45, 2.75) is 16.8 Å². The van der Waals surface area contributed by atoms with Crippen LogP contribution in [0.1, 0.15) is 12.1 Å². The zero-order valence-corrected chi connectivity index (χ0v) is 17.1. The van der Waals surface area contributed by atoms with E-state index in [9.17, 15) is 13.2 Å². The molecule has 0 aliphatic rings. The fourth-order valence-corrected chi connectivity index (χ4v) is 4.04. The van der Waals surface area contributed by atoms with Crippen LogP contribution in [0.5, 0.6) is 0 Å². The van der Waals surface area contributed by atoms with Crippen LogP contribution in [0.25, 0.3) is 22.8 Å². The standard InChI is InChI=1S/C17H14F3N7OS2/c1-27-8-11(12(26-27)13(19)20)15-23-25-17(28-15)30-7-6-29-16-21-14(22-24-16)9-2-4-10(18)5-3-9/h2-5,8,13H,6-7H2,1H3,(H,21,22,24). The lowest BCUT2D eigenvalue weighted by Crippen LogP contribution is -1.91. The lowest BCUT2D eigenvalue weighted by atomic mass is 10.2. The number of benzene rings is 1. The van der Waals surface area contributed by atoms with Gasteiger partial charge < -0.3 is 4.42 Å². The van der Waals surface area contributed by atoms with Crippen molar-refractivity contribution in [3.63, 3.8) is 0 Å². The highest BCUT2D eigenvalue weighted by Crippen LogP contribution is 2.31. The number of aromatic amines is 1. The van der Waals surface area contributed by atoms with Crippen LogP contribution in [0.3, 0.4) is 0 Å². The average molecular weight is 453 g/mol. The predicted octanol–water partition coefficient (Wildman–Crippen LogP) is 4.22. The first-order chi connectivity index (χ1) is 14.5. The minimum atomic E-state index is -2.73. The van der Waals surface area contributed by atoms with Gasteiger partial charge in [-0.3, -0.25) is 9.78 Å². The third-order valence-corrected chi connectivity index (χ3v) is 5.75. The number of rotatable bonds is 8. The van der Waals surface area contributed by atoms with Gasteiger partial charge in [-0.05, 0) is 24.3 Å². The summed E-state index contributed by atoms with van der Waals surface area (Å²) in [6.45, 7) is 0. The molecule has 0 radical (unpaired) electrons. The number of aryl methyl sites for hydroxylation is 1. The van der Waals surface area contributed by atoms with Gasteiger partial charge in [0, 0.05) is 30.3 Å². The van der Waals surface area contributed by atoms with Gasteiger partial charge in [0.05, 0.1) is 5.56 Å². The van der Waals surface area contributed by atoms with Gasteiger partial charge in [-0.1, -0.05) is 23.5 Å². The summed E-state index contributed by atoms with van der Waals surface area (Å²) in [5, 5.41) is 19.2. The molecule has 156 valence electrons. The molecule has 0 bridgehead atoms. The molecule has 0 unspecified atom stereocenters. The minimum absolute atomic E-state index is 0.00598. The lowest BCUT2D eigenvalue weighted by molar-refractivity contribution is 0.145. The highest BCUT2D eigenvalue weighted by molar-refractivity contribution is 8.02. The van der Waals surface area contributed by atoms with Gasteiger partial charge in [0.1, 0.15) is 11.5 Å². The fraction of sp³-hybridized carbons (Fsp3) is 0.235. The van der Waals surface area contributed by atoms with Crippen molar-refractivity contribution in [3.05, 3.63) is 42.0 Å². The van der Waals surface area contributed by atoms with Crippen molar-refractivity contribution in [2.24, 2.45) is 7.05 Å². The summed E-state index contributed by atoms with van der Waals surface area (Å²) < 4.78 is 45.9. The Morgan fingerprint density at radius 1 is 1.13 bits per heavy atom. The SMILES string of the molecule is Cn1cc(-c2nnc(SCCSc3n[nH]c(-c4ccc(F)cc4)n3)o2)c(C(F)F)n1. The Bertz CT molecular complexity index is 1130. The number of H-pyrrole nitrogens is 1. The van der Waals surface area contributed by atoms with Crippen molar-refractivity contribution in [2.75, 3.05) is 11.5 Å². The van der Waals surface area contributed by atoms with E-state index in [0.29, 0.717) is 22.5 Å². The maximum atomic E-state index is 13.1. The van der Waals surface area contributed by atoms with E-state index in [1.165, 1.54) is 46.5 Å². The van der Waals surface area contributed by atoms with Crippen LogP contribution in [0.4, 0.5) is 13.2 Å². The lowest BCUT2D eigenvalue weighted by Gasteiger charge is -1.96. The average Bonchev–Trinajstić information content (AvgIpc) is 3.45. The molecule has 4 aromatic rings. The highest BCUT2D eigenvalue weighted by Gasteiger charge is 2.23. The molecule has 0 spiro atoms. The largest absolute Gasteiger partial charge is 0.411 e. The zero-order valence-electron chi connectivity index (χ0n) is 15.4. The Hall–Kier alpha value is -2.80. The quantitative estimate of drug-likeness (QED) is 0.313. The molecule has 13 heteroatoms. The van der Waals surface area contributed by atoms with Crippen LogP contribution < -0.4 is 0 Å². The van der Waals surface area contributed by atoms with Crippen molar-refractivity contribution in [3.8, 4) is 22.8 Å². The van der Waals surface area contributed by atoms with E-state index in [2.05, 4.69) is 30.5 Å². The third-order valence-electron chi connectivity index (χ3n) is 3.82. The van der Waals surface area contributed by atoms with Crippen LogP contribution in [-0.4, -0.2) is 46.7 Å². The van der Waals surface area contributed by atoms with Gasteiger partial charge in [0.15, 0.2) is 5.82 Å². The summed E-state index contributed by atoms with van der Waals surface area (Å²) in [7, 11) is 1.54. The number of nitrogens with one attached hydrogen (secondary N) is 1. The molecule has 1 N–H and O–H groups in total. The first-order valence-corrected chi connectivity index (χ1v) is 10.6. The van der Waals surface area contributed by atoms with E-state index in [4.69, 9.17) is 4.42 Å². The molecule has 1 aromatic carbocycles. The normalized spacial score (nSPS) is 11.5. The van der Waals surface area contributed by atoms with Crippen LogP contribution in [0, 0.1) is 5.82 Å². The van der Waals surface area contributed by atoms with E-state index in [0.717, 1.165) is 5.56 Å². The maximum absolute atomic E-state index is 13.1. The van der Waals surface area contributed by atoms with Crippen molar-refractivity contribution < 1.29 is 17.6 Å². The molecule has 30 heavy (non-hydrogen) atoms. The van der Waals surface area contributed by atoms with Crippen molar-refractivity contribution in [1.82, 2.24) is 35.2 Å². The molecular formula is C17H14F3N7OS2.